The highest BCUT2D eigenvalue weighted by Crippen LogP contribution is 2.30. The summed E-state index contributed by atoms with van der Waals surface area (Å²) in [5, 5.41) is 7.75. The summed E-state index contributed by atoms with van der Waals surface area (Å²) in [5.74, 6) is -0.875. The van der Waals surface area contributed by atoms with Crippen LogP contribution in [0.3, 0.4) is 0 Å². The van der Waals surface area contributed by atoms with E-state index < -0.39 is 29.1 Å². The molecule has 4 aromatic rings. The van der Waals surface area contributed by atoms with E-state index in [-0.39, 0.29) is 6.42 Å². The van der Waals surface area contributed by atoms with Gasteiger partial charge < -0.3 is 10.1 Å². The van der Waals surface area contributed by atoms with Gasteiger partial charge in [-0.15, -0.1) is 0 Å². The molecule has 1 N–H and O–H groups in total. The van der Waals surface area contributed by atoms with Crippen molar-refractivity contribution in [3.63, 3.8) is 0 Å². The number of esters is 1. The molecule has 200 valence electrons. The van der Waals surface area contributed by atoms with Crippen LogP contribution in [0.15, 0.2) is 94.3 Å². The van der Waals surface area contributed by atoms with E-state index in [9.17, 15) is 14.4 Å². The largest absolute Gasteiger partial charge is 0.456 e. The van der Waals surface area contributed by atoms with Crippen molar-refractivity contribution < 1.29 is 14.3 Å². The molecule has 3 aromatic carbocycles. The molecule has 7 nitrogen and oxygen atoms in total. The van der Waals surface area contributed by atoms with E-state index in [1.54, 1.807) is 69.4 Å². The number of aromatic nitrogens is 2. The minimum Gasteiger partial charge on any atom is -0.456 e. The molecular weight excluding hydrogens is 582 g/mol. The first kappa shape index (κ1) is 28.3. The van der Waals surface area contributed by atoms with E-state index >= 15 is 0 Å². The van der Waals surface area contributed by atoms with Crippen molar-refractivity contribution >= 4 is 45.1 Å². The molecule has 0 aliphatic rings. The van der Waals surface area contributed by atoms with E-state index in [4.69, 9.17) is 16.3 Å². The number of nitrogens with zero attached hydrogens (tertiary/aromatic N) is 2. The zero-order valence-corrected chi connectivity index (χ0v) is 24.0. The second-order valence-corrected chi connectivity index (χ2v) is 11.2. The molecule has 1 heterocycles. The summed E-state index contributed by atoms with van der Waals surface area (Å²) < 4.78 is 7.34. The van der Waals surface area contributed by atoms with E-state index in [0.717, 1.165) is 10.0 Å². The maximum atomic E-state index is 13.5. The van der Waals surface area contributed by atoms with Gasteiger partial charge >= 0.3 is 5.97 Å². The highest BCUT2D eigenvalue weighted by molar-refractivity contribution is 9.10. The predicted octanol–water partition coefficient (Wildman–Crippen LogP) is 6.70. The molecule has 0 bridgehead atoms. The van der Waals surface area contributed by atoms with Crippen LogP contribution in [-0.4, -0.2) is 27.3 Å². The average molecular weight is 609 g/mol. The second kappa shape index (κ2) is 12.0. The van der Waals surface area contributed by atoms with Gasteiger partial charge in [-0.3, -0.25) is 9.59 Å². The Bertz CT molecular complexity index is 1550. The second-order valence-electron chi connectivity index (χ2n) is 9.93. The Morgan fingerprint density at radius 1 is 1.03 bits per heavy atom. The molecule has 9 heteroatoms. The van der Waals surface area contributed by atoms with Crippen molar-refractivity contribution in [1.82, 2.24) is 9.78 Å². The Morgan fingerprint density at radius 2 is 1.72 bits per heavy atom. The standard InChI is InChI=1S/C30H27BrClN3O4/c1-30(2,3)39-29(38)20-9-12-23(13-10-20)34-28(37)26(15-19-7-5-4-6-8-19)35-27(36)16-21(18-33-35)24-17-22(32)11-14-25(24)31/h4-14,16-18,26H,15H2,1-3H3,(H,34,37)/t26-/m0/s1. The van der Waals surface area contributed by atoms with E-state index in [1.165, 1.54) is 10.7 Å². The SMILES string of the molecule is CC(C)(C)OC(=O)c1ccc(NC(=O)[C@H](Cc2ccccc2)n2ncc(-c3cc(Cl)ccc3Br)cc2=O)cc1. The van der Waals surface area contributed by atoms with E-state index in [0.29, 0.717) is 27.4 Å². The van der Waals surface area contributed by atoms with Crippen molar-refractivity contribution in [3.8, 4) is 11.1 Å². The van der Waals surface area contributed by atoms with Crippen molar-refractivity contribution in [1.29, 1.82) is 0 Å². The minimum atomic E-state index is -0.928. The molecule has 4 rings (SSSR count). The van der Waals surface area contributed by atoms with Crippen molar-refractivity contribution in [2.75, 3.05) is 5.32 Å². The monoisotopic (exact) mass is 607 g/mol. The van der Waals surface area contributed by atoms with E-state index in [1.807, 2.05) is 30.3 Å². The minimum absolute atomic E-state index is 0.246. The number of rotatable bonds is 7. The Kier molecular flexibility index (Phi) is 8.67. The molecule has 1 atom stereocenters. The third-order valence-corrected chi connectivity index (χ3v) is 6.65. The first-order valence-corrected chi connectivity index (χ1v) is 13.4. The lowest BCUT2D eigenvalue weighted by Crippen LogP contribution is -2.36. The van der Waals surface area contributed by atoms with Crippen LogP contribution in [0.1, 0.15) is 42.7 Å². The first-order valence-electron chi connectivity index (χ1n) is 12.2. The molecule has 1 aromatic heterocycles. The summed E-state index contributed by atoms with van der Waals surface area (Å²) in [6.07, 6.45) is 1.79. The Balaban J connectivity index is 1.62. The lowest BCUT2D eigenvalue weighted by molar-refractivity contribution is -0.119. The van der Waals surface area contributed by atoms with Gasteiger partial charge in [0.2, 0.25) is 5.91 Å². The molecule has 0 radical (unpaired) electrons. The predicted molar refractivity (Wildman–Crippen MR) is 156 cm³/mol. The number of benzene rings is 3. The van der Waals surface area contributed by atoms with Crippen LogP contribution >= 0.6 is 27.5 Å². The van der Waals surface area contributed by atoms with Crippen molar-refractivity contribution in [2.45, 2.75) is 38.8 Å². The maximum absolute atomic E-state index is 13.5. The Morgan fingerprint density at radius 3 is 2.36 bits per heavy atom. The topological polar surface area (TPSA) is 90.3 Å². The van der Waals surface area contributed by atoms with Crippen LogP contribution in [0.4, 0.5) is 5.69 Å². The van der Waals surface area contributed by atoms with Crippen LogP contribution < -0.4 is 10.9 Å². The van der Waals surface area contributed by atoms with Gasteiger partial charge in [-0.2, -0.15) is 5.10 Å². The summed E-state index contributed by atoms with van der Waals surface area (Å²) >= 11 is 9.63. The van der Waals surface area contributed by atoms with Gasteiger partial charge in [0.05, 0.1) is 11.8 Å². The van der Waals surface area contributed by atoms with Gasteiger partial charge in [-0.05, 0) is 74.4 Å². The molecule has 0 aliphatic carbocycles. The van der Waals surface area contributed by atoms with Crippen LogP contribution in [-0.2, 0) is 16.0 Å². The smallest absolute Gasteiger partial charge is 0.338 e. The van der Waals surface area contributed by atoms with Crippen LogP contribution in [0, 0.1) is 0 Å². The Hall–Kier alpha value is -3.75. The highest BCUT2D eigenvalue weighted by atomic mass is 79.9. The third kappa shape index (κ3) is 7.43. The molecule has 39 heavy (non-hydrogen) atoms. The van der Waals surface area contributed by atoms with Crippen molar-refractivity contribution in [3.05, 3.63) is 116 Å². The molecule has 0 spiro atoms. The fourth-order valence-corrected chi connectivity index (χ4v) is 4.55. The molecule has 0 saturated heterocycles. The lowest BCUT2D eigenvalue weighted by atomic mass is 10.0. The molecule has 0 saturated carbocycles. The quantitative estimate of drug-likeness (QED) is 0.236. The molecule has 0 aliphatic heterocycles. The Labute approximate surface area is 239 Å². The molecule has 0 unspecified atom stereocenters. The van der Waals surface area contributed by atoms with Crippen LogP contribution in [0.5, 0.6) is 0 Å². The maximum Gasteiger partial charge on any atom is 0.338 e. The molecule has 1 amide bonds. The third-order valence-electron chi connectivity index (χ3n) is 5.72. The number of halogens is 2. The number of carbonyl (C=O) groups excluding carboxylic acids is 2. The van der Waals surface area contributed by atoms with Gasteiger partial charge in [-0.1, -0.05) is 57.9 Å². The fraction of sp³-hybridized carbons (Fsp3) is 0.200. The number of hydrogen-bond acceptors (Lipinski definition) is 5. The average Bonchev–Trinajstić information content (AvgIpc) is 2.89. The van der Waals surface area contributed by atoms with Gasteiger partial charge in [0, 0.05) is 33.2 Å². The number of carbonyl (C=O) groups is 2. The molecule has 0 fully saturated rings. The number of amides is 1. The number of anilines is 1. The van der Waals surface area contributed by atoms with Crippen molar-refractivity contribution in [2.24, 2.45) is 0 Å². The zero-order chi connectivity index (χ0) is 28.2. The van der Waals surface area contributed by atoms with E-state index in [2.05, 4.69) is 26.3 Å². The summed E-state index contributed by atoms with van der Waals surface area (Å²) in [6, 6.07) is 21.6. The van der Waals surface area contributed by atoms with Crippen LogP contribution in [0.2, 0.25) is 5.02 Å². The normalized spacial score (nSPS) is 12.0. The van der Waals surface area contributed by atoms with Gasteiger partial charge in [0.15, 0.2) is 0 Å². The molecular formula is C30H27BrClN3O4. The fourth-order valence-electron chi connectivity index (χ4n) is 3.90. The highest BCUT2D eigenvalue weighted by Gasteiger charge is 2.24. The van der Waals surface area contributed by atoms with Gasteiger partial charge in [0.1, 0.15) is 11.6 Å². The van der Waals surface area contributed by atoms with Crippen LogP contribution in [0.25, 0.3) is 11.1 Å². The summed E-state index contributed by atoms with van der Waals surface area (Å²) in [7, 11) is 0. The summed E-state index contributed by atoms with van der Waals surface area (Å²) in [4.78, 5) is 39.1. The van der Waals surface area contributed by atoms with Gasteiger partial charge in [-0.25, -0.2) is 9.48 Å². The van der Waals surface area contributed by atoms with Gasteiger partial charge in [0.25, 0.3) is 5.56 Å². The first-order chi connectivity index (χ1) is 18.5. The lowest BCUT2D eigenvalue weighted by Gasteiger charge is -2.20. The number of ether oxygens (including phenoxy) is 1. The zero-order valence-electron chi connectivity index (χ0n) is 21.7. The number of nitrogens with one attached hydrogen (secondary N) is 1. The summed E-state index contributed by atoms with van der Waals surface area (Å²) in [6.45, 7) is 5.38. The summed E-state index contributed by atoms with van der Waals surface area (Å²) in [5.41, 5.74) is 1.94. The number of hydrogen-bond donors (Lipinski definition) is 1.